The summed E-state index contributed by atoms with van der Waals surface area (Å²) < 4.78 is 1.06. The van der Waals surface area contributed by atoms with Crippen LogP contribution in [0.3, 0.4) is 0 Å². The number of hydrogen-bond donors (Lipinski definition) is 0. The lowest BCUT2D eigenvalue weighted by atomic mass is 10.2. The highest BCUT2D eigenvalue weighted by Gasteiger charge is 2.22. The molecule has 2 heterocycles. The van der Waals surface area contributed by atoms with Gasteiger partial charge in [-0.25, -0.2) is 4.98 Å². The molecule has 4 nitrogen and oxygen atoms in total. The van der Waals surface area contributed by atoms with Crippen LogP contribution in [-0.4, -0.2) is 21.1 Å². The summed E-state index contributed by atoms with van der Waals surface area (Å²) in [6.45, 7) is 4.69. The molecule has 29 heavy (non-hydrogen) atoms. The van der Waals surface area contributed by atoms with Crippen molar-refractivity contribution in [1.29, 1.82) is 0 Å². The Kier molecular flexibility index (Phi) is 5.92. The standard InChI is InChI=1S/C23H21N3OS2/c1-16(2)28-19-12-10-17(11-13-19)22(27)26(15-18-7-5-6-14-24-18)23-25-20-8-3-4-9-21(20)29-23/h3-14,16H,15H2,1-2H3. The summed E-state index contributed by atoms with van der Waals surface area (Å²) in [4.78, 5) is 25.4. The van der Waals surface area contributed by atoms with Gasteiger partial charge in [-0.2, -0.15) is 0 Å². The number of thioether (sulfide) groups is 1. The number of carbonyl (C=O) groups is 1. The van der Waals surface area contributed by atoms with Gasteiger partial charge in [-0.05, 0) is 48.5 Å². The van der Waals surface area contributed by atoms with Crippen molar-refractivity contribution in [3.05, 3.63) is 84.2 Å². The van der Waals surface area contributed by atoms with Gasteiger partial charge in [0.15, 0.2) is 5.13 Å². The number of nitrogens with zero attached hydrogens (tertiary/aromatic N) is 3. The Morgan fingerprint density at radius 3 is 2.48 bits per heavy atom. The van der Waals surface area contributed by atoms with Gasteiger partial charge in [-0.1, -0.05) is 43.4 Å². The molecule has 146 valence electrons. The van der Waals surface area contributed by atoms with E-state index >= 15 is 0 Å². The number of amides is 1. The third-order valence-electron chi connectivity index (χ3n) is 4.28. The van der Waals surface area contributed by atoms with E-state index in [1.54, 1.807) is 22.9 Å². The highest BCUT2D eigenvalue weighted by molar-refractivity contribution is 7.99. The number of pyridine rings is 1. The first-order valence-electron chi connectivity index (χ1n) is 9.44. The molecule has 0 atom stereocenters. The van der Waals surface area contributed by atoms with Crippen LogP contribution in [0.5, 0.6) is 0 Å². The number of fused-ring (bicyclic) bond motifs is 1. The summed E-state index contributed by atoms with van der Waals surface area (Å²) in [5.41, 5.74) is 2.37. The van der Waals surface area contributed by atoms with Crippen molar-refractivity contribution in [2.75, 3.05) is 4.90 Å². The van der Waals surface area contributed by atoms with Crippen LogP contribution in [0.1, 0.15) is 29.9 Å². The molecule has 0 saturated carbocycles. The predicted octanol–water partition coefficient (Wildman–Crippen LogP) is 6.04. The number of rotatable bonds is 6. The first kappa shape index (κ1) is 19.6. The summed E-state index contributed by atoms with van der Waals surface area (Å²) in [6.07, 6.45) is 1.74. The van der Waals surface area contributed by atoms with Gasteiger partial charge < -0.3 is 0 Å². The second-order valence-corrected chi connectivity index (χ2v) is 9.53. The summed E-state index contributed by atoms with van der Waals surface area (Å²) >= 11 is 3.31. The van der Waals surface area contributed by atoms with Crippen LogP contribution < -0.4 is 4.90 Å². The molecule has 0 aliphatic heterocycles. The first-order valence-corrected chi connectivity index (χ1v) is 11.1. The number of carbonyl (C=O) groups excluding carboxylic acids is 1. The van der Waals surface area contributed by atoms with E-state index in [1.807, 2.05) is 66.7 Å². The molecule has 1 amide bonds. The SMILES string of the molecule is CC(C)Sc1ccc(C(=O)N(Cc2ccccn2)c2nc3ccccc3s2)cc1. The van der Waals surface area contributed by atoms with Gasteiger partial charge in [0.05, 0.1) is 22.5 Å². The Balaban J connectivity index is 1.68. The fourth-order valence-electron chi connectivity index (χ4n) is 2.96. The topological polar surface area (TPSA) is 46.1 Å². The fourth-order valence-corrected chi connectivity index (χ4v) is 4.76. The molecule has 0 aliphatic rings. The average Bonchev–Trinajstić information content (AvgIpc) is 3.16. The lowest BCUT2D eigenvalue weighted by Crippen LogP contribution is -2.30. The van der Waals surface area contributed by atoms with Gasteiger partial charge >= 0.3 is 0 Å². The molecule has 0 radical (unpaired) electrons. The number of benzene rings is 2. The van der Waals surface area contributed by atoms with Gasteiger partial charge in [0, 0.05) is 21.9 Å². The maximum absolute atomic E-state index is 13.4. The minimum atomic E-state index is -0.0733. The third-order valence-corrected chi connectivity index (χ3v) is 6.35. The molecular weight excluding hydrogens is 398 g/mol. The zero-order chi connectivity index (χ0) is 20.2. The van der Waals surface area contributed by atoms with Crippen molar-refractivity contribution in [2.24, 2.45) is 0 Å². The molecule has 0 unspecified atom stereocenters. The molecule has 0 fully saturated rings. The Morgan fingerprint density at radius 2 is 1.79 bits per heavy atom. The minimum Gasteiger partial charge on any atom is -0.278 e. The molecule has 2 aromatic carbocycles. The Hall–Kier alpha value is -2.70. The number of thiazole rings is 1. The van der Waals surface area contributed by atoms with Crippen molar-refractivity contribution < 1.29 is 4.79 Å². The quantitative estimate of drug-likeness (QED) is 0.358. The Bertz CT molecular complexity index is 1070. The highest BCUT2D eigenvalue weighted by Crippen LogP contribution is 2.31. The summed E-state index contributed by atoms with van der Waals surface area (Å²) in [5, 5.41) is 1.18. The van der Waals surface area contributed by atoms with Crippen LogP contribution in [0.25, 0.3) is 10.2 Å². The fraction of sp³-hybridized carbons (Fsp3) is 0.174. The molecule has 0 bridgehead atoms. The normalized spacial score (nSPS) is 11.1. The van der Waals surface area contributed by atoms with Crippen LogP contribution >= 0.6 is 23.1 Å². The van der Waals surface area contributed by atoms with Crippen molar-refractivity contribution in [2.45, 2.75) is 30.5 Å². The Labute approximate surface area is 178 Å². The zero-order valence-corrected chi connectivity index (χ0v) is 17.9. The van der Waals surface area contributed by atoms with Gasteiger partial charge in [0.25, 0.3) is 5.91 Å². The van der Waals surface area contributed by atoms with Gasteiger partial charge in [0.1, 0.15) is 0 Å². The van der Waals surface area contributed by atoms with E-state index in [9.17, 15) is 4.79 Å². The monoisotopic (exact) mass is 419 g/mol. The van der Waals surface area contributed by atoms with E-state index in [0.29, 0.717) is 22.5 Å². The summed E-state index contributed by atoms with van der Waals surface area (Å²) in [6, 6.07) is 21.5. The zero-order valence-electron chi connectivity index (χ0n) is 16.3. The predicted molar refractivity (Wildman–Crippen MR) is 122 cm³/mol. The molecule has 6 heteroatoms. The summed E-state index contributed by atoms with van der Waals surface area (Å²) in [5.74, 6) is -0.0733. The number of para-hydroxylation sites is 1. The average molecular weight is 420 g/mol. The van der Waals surface area contributed by atoms with E-state index < -0.39 is 0 Å². The van der Waals surface area contributed by atoms with Crippen LogP contribution in [0.4, 0.5) is 5.13 Å². The smallest absolute Gasteiger partial charge is 0.260 e. The second kappa shape index (κ2) is 8.76. The van der Waals surface area contributed by atoms with Gasteiger partial charge in [-0.3, -0.25) is 14.7 Å². The maximum Gasteiger partial charge on any atom is 0.260 e. The van der Waals surface area contributed by atoms with E-state index in [1.165, 1.54) is 11.3 Å². The van der Waals surface area contributed by atoms with E-state index in [4.69, 9.17) is 4.98 Å². The van der Waals surface area contributed by atoms with Crippen molar-refractivity contribution in [1.82, 2.24) is 9.97 Å². The van der Waals surface area contributed by atoms with Crippen LogP contribution in [0.15, 0.2) is 77.8 Å². The van der Waals surface area contributed by atoms with Gasteiger partial charge in [-0.15, -0.1) is 11.8 Å². The lowest BCUT2D eigenvalue weighted by molar-refractivity contribution is 0.0984. The van der Waals surface area contributed by atoms with Crippen molar-refractivity contribution in [3.63, 3.8) is 0 Å². The van der Waals surface area contributed by atoms with Crippen molar-refractivity contribution >= 4 is 44.4 Å². The number of hydrogen-bond acceptors (Lipinski definition) is 5. The Morgan fingerprint density at radius 1 is 1.03 bits per heavy atom. The molecule has 4 rings (SSSR count). The molecule has 0 spiro atoms. The second-order valence-electron chi connectivity index (χ2n) is 6.87. The first-order chi connectivity index (χ1) is 14.1. The molecule has 2 aromatic heterocycles. The van der Waals surface area contributed by atoms with E-state index in [-0.39, 0.29) is 5.91 Å². The lowest BCUT2D eigenvalue weighted by Gasteiger charge is -2.20. The molecule has 0 N–H and O–H groups in total. The van der Waals surface area contributed by atoms with Crippen LogP contribution in [0, 0.1) is 0 Å². The van der Waals surface area contributed by atoms with Crippen LogP contribution in [-0.2, 0) is 6.54 Å². The number of aromatic nitrogens is 2. The molecule has 0 aliphatic carbocycles. The van der Waals surface area contributed by atoms with E-state index in [2.05, 4.69) is 18.8 Å². The molecule has 0 saturated heterocycles. The molecule has 4 aromatic rings. The number of anilines is 1. The summed E-state index contributed by atoms with van der Waals surface area (Å²) in [7, 11) is 0. The molecular formula is C23H21N3OS2. The minimum absolute atomic E-state index is 0.0733. The van der Waals surface area contributed by atoms with Gasteiger partial charge in [0.2, 0.25) is 0 Å². The van der Waals surface area contributed by atoms with Crippen molar-refractivity contribution in [3.8, 4) is 0 Å². The largest absolute Gasteiger partial charge is 0.278 e. The maximum atomic E-state index is 13.4. The van der Waals surface area contributed by atoms with E-state index in [0.717, 1.165) is 20.8 Å². The highest BCUT2D eigenvalue weighted by atomic mass is 32.2. The van der Waals surface area contributed by atoms with Crippen LogP contribution in [0.2, 0.25) is 0 Å². The third kappa shape index (κ3) is 4.66.